The van der Waals surface area contributed by atoms with Crippen LogP contribution in [0, 0.1) is 0 Å². The number of pyridine rings is 1. The molecular formula is C15H16ClN3O2. The molecule has 1 aliphatic heterocycles. The Balaban J connectivity index is 2.12. The number of hydrogen-bond donors (Lipinski definition) is 2. The van der Waals surface area contributed by atoms with Crippen molar-refractivity contribution in [3.8, 4) is 0 Å². The molecule has 2 aromatic rings. The summed E-state index contributed by atoms with van der Waals surface area (Å²) in [6, 6.07) is 9.25. The van der Waals surface area contributed by atoms with E-state index in [1.165, 1.54) is 4.90 Å². The summed E-state index contributed by atoms with van der Waals surface area (Å²) in [5, 5.41) is 14.9. The van der Waals surface area contributed by atoms with E-state index in [1.54, 1.807) is 6.07 Å². The van der Waals surface area contributed by atoms with Gasteiger partial charge >= 0.3 is 6.09 Å². The molecule has 1 aromatic heterocycles. The SMILES string of the molecule is O=C(O)N(c1nc(Cl)cc2ccccc12)C1CCNCC1. The van der Waals surface area contributed by atoms with E-state index in [9.17, 15) is 9.90 Å². The van der Waals surface area contributed by atoms with E-state index in [0.717, 1.165) is 36.7 Å². The summed E-state index contributed by atoms with van der Waals surface area (Å²) in [5.74, 6) is 0.428. The van der Waals surface area contributed by atoms with Gasteiger partial charge in [-0.2, -0.15) is 0 Å². The van der Waals surface area contributed by atoms with E-state index in [-0.39, 0.29) is 6.04 Å². The van der Waals surface area contributed by atoms with Crippen LogP contribution < -0.4 is 10.2 Å². The van der Waals surface area contributed by atoms with Gasteiger partial charge in [-0.05, 0) is 37.4 Å². The van der Waals surface area contributed by atoms with Gasteiger partial charge in [-0.3, -0.25) is 4.90 Å². The zero-order valence-electron chi connectivity index (χ0n) is 11.4. The van der Waals surface area contributed by atoms with Gasteiger partial charge in [-0.25, -0.2) is 9.78 Å². The van der Waals surface area contributed by atoms with Crippen LogP contribution >= 0.6 is 11.6 Å². The lowest BCUT2D eigenvalue weighted by atomic mass is 10.0. The fourth-order valence-corrected chi connectivity index (χ4v) is 3.01. The highest BCUT2D eigenvalue weighted by Gasteiger charge is 2.29. The summed E-state index contributed by atoms with van der Waals surface area (Å²) >= 11 is 6.07. The monoisotopic (exact) mass is 305 g/mol. The summed E-state index contributed by atoms with van der Waals surface area (Å²) in [4.78, 5) is 17.4. The number of benzene rings is 1. The lowest BCUT2D eigenvalue weighted by molar-refractivity contribution is 0.196. The smallest absolute Gasteiger partial charge is 0.413 e. The number of carboxylic acid groups (broad SMARTS) is 1. The molecule has 0 unspecified atom stereocenters. The Hall–Kier alpha value is -1.85. The highest BCUT2D eigenvalue weighted by atomic mass is 35.5. The van der Waals surface area contributed by atoms with E-state index < -0.39 is 6.09 Å². The predicted octanol–water partition coefficient (Wildman–Crippen LogP) is 3.12. The predicted molar refractivity (Wildman–Crippen MR) is 83.1 cm³/mol. The van der Waals surface area contributed by atoms with Gasteiger partial charge in [0.25, 0.3) is 0 Å². The molecule has 1 aromatic carbocycles. The first-order valence-electron chi connectivity index (χ1n) is 6.95. The molecule has 2 N–H and O–H groups in total. The number of halogens is 1. The Labute approximate surface area is 127 Å². The number of carbonyl (C=O) groups is 1. The van der Waals surface area contributed by atoms with Crippen molar-refractivity contribution in [3.05, 3.63) is 35.5 Å². The van der Waals surface area contributed by atoms with E-state index in [1.807, 2.05) is 24.3 Å². The molecule has 1 fully saturated rings. The third kappa shape index (κ3) is 2.80. The van der Waals surface area contributed by atoms with Crippen LogP contribution in [0.1, 0.15) is 12.8 Å². The first-order chi connectivity index (χ1) is 10.2. The van der Waals surface area contributed by atoms with Gasteiger partial charge in [0.2, 0.25) is 0 Å². The fourth-order valence-electron chi connectivity index (χ4n) is 2.82. The number of hydrogen-bond acceptors (Lipinski definition) is 3. The van der Waals surface area contributed by atoms with Crippen molar-refractivity contribution in [1.82, 2.24) is 10.3 Å². The Morgan fingerprint density at radius 2 is 2.05 bits per heavy atom. The van der Waals surface area contributed by atoms with Crippen LogP contribution in [0.25, 0.3) is 10.8 Å². The average Bonchev–Trinajstić information content (AvgIpc) is 2.48. The number of anilines is 1. The molecule has 1 saturated heterocycles. The van der Waals surface area contributed by atoms with Gasteiger partial charge in [0.05, 0.1) is 0 Å². The maximum atomic E-state index is 11.8. The topological polar surface area (TPSA) is 65.5 Å². The lowest BCUT2D eigenvalue weighted by Gasteiger charge is -2.32. The summed E-state index contributed by atoms with van der Waals surface area (Å²) in [6.07, 6.45) is 0.561. The van der Waals surface area contributed by atoms with E-state index in [2.05, 4.69) is 10.3 Å². The molecule has 0 saturated carbocycles. The lowest BCUT2D eigenvalue weighted by Crippen LogP contribution is -2.46. The molecule has 0 aliphatic carbocycles. The summed E-state index contributed by atoms with van der Waals surface area (Å²) in [5.41, 5.74) is 0. The highest BCUT2D eigenvalue weighted by molar-refractivity contribution is 6.30. The second kappa shape index (κ2) is 5.87. The largest absolute Gasteiger partial charge is 0.465 e. The van der Waals surface area contributed by atoms with Crippen molar-refractivity contribution in [3.63, 3.8) is 0 Å². The van der Waals surface area contributed by atoms with Crippen LogP contribution in [-0.2, 0) is 0 Å². The van der Waals surface area contributed by atoms with Crippen molar-refractivity contribution in [1.29, 1.82) is 0 Å². The van der Waals surface area contributed by atoms with Gasteiger partial charge in [0.15, 0.2) is 0 Å². The molecule has 21 heavy (non-hydrogen) atoms. The third-order valence-corrected chi connectivity index (χ3v) is 3.99. The second-order valence-electron chi connectivity index (χ2n) is 5.12. The molecule has 0 spiro atoms. The van der Waals surface area contributed by atoms with Gasteiger partial charge in [0, 0.05) is 11.4 Å². The molecule has 0 radical (unpaired) electrons. The molecule has 5 nitrogen and oxygen atoms in total. The van der Waals surface area contributed by atoms with E-state index in [0.29, 0.717) is 11.0 Å². The standard InChI is InChI=1S/C15H16ClN3O2/c16-13-9-10-3-1-2-4-12(10)14(18-13)19(15(20)21)11-5-7-17-8-6-11/h1-4,9,11,17H,5-8H2,(H,20,21). The zero-order chi connectivity index (χ0) is 14.8. The molecule has 0 bridgehead atoms. The molecular weight excluding hydrogens is 290 g/mol. The fraction of sp³-hybridized carbons (Fsp3) is 0.333. The molecule has 0 atom stereocenters. The zero-order valence-corrected chi connectivity index (χ0v) is 12.2. The number of aromatic nitrogens is 1. The van der Waals surface area contributed by atoms with Crippen LogP contribution in [0.4, 0.5) is 10.6 Å². The van der Waals surface area contributed by atoms with E-state index in [4.69, 9.17) is 11.6 Å². The number of nitrogens with zero attached hydrogens (tertiary/aromatic N) is 2. The van der Waals surface area contributed by atoms with Crippen molar-refractivity contribution < 1.29 is 9.90 Å². The van der Waals surface area contributed by atoms with Crippen molar-refractivity contribution in [2.24, 2.45) is 0 Å². The third-order valence-electron chi connectivity index (χ3n) is 3.80. The minimum Gasteiger partial charge on any atom is -0.465 e. The summed E-state index contributed by atoms with van der Waals surface area (Å²) in [6.45, 7) is 1.62. The highest BCUT2D eigenvalue weighted by Crippen LogP contribution is 2.30. The summed E-state index contributed by atoms with van der Waals surface area (Å²) < 4.78 is 0. The first kappa shape index (κ1) is 14.1. The number of piperidine rings is 1. The molecule has 6 heteroatoms. The van der Waals surface area contributed by atoms with Gasteiger partial charge < -0.3 is 10.4 Å². The minimum atomic E-state index is -0.984. The van der Waals surface area contributed by atoms with Crippen LogP contribution in [-0.4, -0.2) is 35.3 Å². The number of fused-ring (bicyclic) bond motifs is 1. The van der Waals surface area contributed by atoms with Crippen molar-refractivity contribution >= 4 is 34.3 Å². The Morgan fingerprint density at radius 3 is 2.76 bits per heavy atom. The molecule has 3 rings (SSSR count). The molecule has 110 valence electrons. The minimum absolute atomic E-state index is 0.0712. The summed E-state index contributed by atoms with van der Waals surface area (Å²) in [7, 11) is 0. The van der Waals surface area contributed by atoms with Gasteiger partial charge in [0.1, 0.15) is 11.0 Å². The van der Waals surface area contributed by atoms with Gasteiger partial charge in [-0.15, -0.1) is 0 Å². The average molecular weight is 306 g/mol. The van der Waals surface area contributed by atoms with Gasteiger partial charge in [-0.1, -0.05) is 35.9 Å². The van der Waals surface area contributed by atoms with Crippen LogP contribution in [0.15, 0.2) is 30.3 Å². The van der Waals surface area contributed by atoms with Crippen LogP contribution in [0.3, 0.4) is 0 Å². The maximum absolute atomic E-state index is 11.8. The molecule has 1 amide bonds. The van der Waals surface area contributed by atoms with Crippen molar-refractivity contribution in [2.45, 2.75) is 18.9 Å². The number of amides is 1. The first-order valence-corrected chi connectivity index (χ1v) is 7.33. The van der Waals surface area contributed by atoms with Crippen molar-refractivity contribution in [2.75, 3.05) is 18.0 Å². The Kier molecular flexibility index (Phi) is 3.94. The quantitative estimate of drug-likeness (QED) is 0.837. The Bertz CT molecular complexity index is 671. The second-order valence-corrected chi connectivity index (χ2v) is 5.51. The number of nitrogens with one attached hydrogen (secondary N) is 1. The van der Waals surface area contributed by atoms with Crippen LogP contribution in [0.2, 0.25) is 5.15 Å². The van der Waals surface area contributed by atoms with E-state index >= 15 is 0 Å². The normalized spacial score (nSPS) is 16.0. The Morgan fingerprint density at radius 1 is 1.33 bits per heavy atom. The molecule has 1 aliphatic rings. The van der Waals surface area contributed by atoms with Crippen LogP contribution in [0.5, 0.6) is 0 Å². The molecule has 2 heterocycles. The number of rotatable bonds is 2. The maximum Gasteiger partial charge on any atom is 0.413 e.